The van der Waals surface area contributed by atoms with Crippen molar-refractivity contribution in [3.05, 3.63) is 59.2 Å². The zero-order valence-electron chi connectivity index (χ0n) is 16.1. The molecule has 1 unspecified atom stereocenters. The van der Waals surface area contributed by atoms with Gasteiger partial charge in [-0.1, -0.05) is 24.3 Å². The molecule has 1 aliphatic rings. The van der Waals surface area contributed by atoms with Gasteiger partial charge < -0.3 is 14.8 Å². The highest BCUT2D eigenvalue weighted by Gasteiger charge is 2.36. The molecule has 1 aliphatic heterocycles. The molecule has 0 bridgehead atoms. The lowest BCUT2D eigenvalue weighted by Gasteiger charge is -2.38. The number of halogens is 4. The van der Waals surface area contributed by atoms with E-state index in [2.05, 4.69) is 5.32 Å². The van der Waals surface area contributed by atoms with Crippen molar-refractivity contribution in [2.24, 2.45) is 0 Å². The first kappa shape index (κ1) is 22.4. The molecule has 0 fully saturated rings. The number of hydrogen-bond donors (Lipinski definition) is 1. The fourth-order valence-electron chi connectivity index (χ4n) is 3.42. The second kappa shape index (κ2) is 8.62. The number of ether oxygens (including phenoxy) is 2. The third kappa shape index (κ3) is 5.11. The highest BCUT2D eigenvalue weighted by molar-refractivity contribution is 5.85. The highest BCUT2D eigenvalue weighted by atomic mass is 35.5. The zero-order chi connectivity index (χ0) is 19.7. The number of alkyl halides is 3. The smallest absolute Gasteiger partial charge is 0.416 e. The topological polar surface area (TPSA) is 30.5 Å². The van der Waals surface area contributed by atoms with Crippen LogP contribution in [0.2, 0.25) is 0 Å². The molecule has 1 N–H and O–H groups in total. The van der Waals surface area contributed by atoms with Crippen molar-refractivity contribution in [2.75, 3.05) is 20.2 Å². The van der Waals surface area contributed by atoms with Gasteiger partial charge in [0, 0.05) is 24.1 Å². The average molecular weight is 416 g/mol. The summed E-state index contributed by atoms with van der Waals surface area (Å²) in [4.78, 5) is 0. The summed E-state index contributed by atoms with van der Waals surface area (Å²) in [5.74, 6) is 1.18. The first-order chi connectivity index (χ1) is 12.7. The van der Waals surface area contributed by atoms with Crippen LogP contribution in [0, 0.1) is 0 Å². The molecule has 28 heavy (non-hydrogen) atoms. The largest absolute Gasteiger partial charge is 0.492 e. The van der Waals surface area contributed by atoms with Gasteiger partial charge in [0.1, 0.15) is 23.7 Å². The minimum Gasteiger partial charge on any atom is -0.492 e. The number of benzene rings is 2. The van der Waals surface area contributed by atoms with Gasteiger partial charge >= 0.3 is 6.18 Å². The predicted molar refractivity (Wildman–Crippen MR) is 106 cm³/mol. The van der Waals surface area contributed by atoms with Gasteiger partial charge in [-0.05, 0) is 45.0 Å². The van der Waals surface area contributed by atoms with E-state index in [0.717, 1.165) is 18.2 Å². The fraction of sp³-hybridized carbons (Fsp3) is 0.429. The van der Waals surface area contributed by atoms with Crippen molar-refractivity contribution in [1.82, 2.24) is 5.32 Å². The Kier molecular flexibility index (Phi) is 6.88. The second-order valence-electron chi connectivity index (χ2n) is 7.39. The molecule has 2 aromatic rings. The Balaban J connectivity index is 0.00000280. The SMILES string of the molecule is CNCCOc1ccc2c(c1)OC(C)(C)CC2c1cccc(C(F)(F)F)c1.Cl. The minimum atomic E-state index is -4.36. The van der Waals surface area contributed by atoms with E-state index in [1.54, 1.807) is 6.07 Å². The van der Waals surface area contributed by atoms with Crippen LogP contribution in [0.5, 0.6) is 11.5 Å². The number of hydrogen-bond acceptors (Lipinski definition) is 3. The van der Waals surface area contributed by atoms with Crippen molar-refractivity contribution in [2.45, 2.75) is 38.0 Å². The lowest BCUT2D eigenvalue weighted by molar-refractivity contribution is -0.137. The van der Waals surface area contributed by atoms with E-state index in [1.165, 1.54) is 12.1 Å². The van der Waals surface area contributed by atoms with Crippen LogP contribution in [-0.2, 0) is 6.18 Å². The van der Waals surface area contributed by atoms with E-state index in [9.17, 15) is 13.2 Å². The molecule has 0 aliphatic carbocycles. The Morgan fingerprint density at radius 3 is 2.61 bits per heavy atom. The maximum atomic E-state index is 13.1. The zero-order valence-corrected chi connectivity index (χ0v) is 16.9. The van der Waals surface area contributed by atoms with Crippen molar-refractivity contribution in [1.29, 1.82) is 0 Å². The van der Waals surface area contributed by atoms with Gasteiger partial charge in [-0.25, -0.2) is 0 Å². The molecular weight excluding hydrogens is 391 g/mol. The summed E-state index contributed by atoms with van der Waals surface area (Å²) < 4.78 is 51.2. The van der Waals surface area contributed by atoms with Gasteiger partial charge in [-0.15, -0.1) is 12.4 Å². The average Bonchev–Trinajstić information content (AvgIpc) is 2.59. The van der Waals surface area contributed by atoms with Crippen LogP contribution in [0.3, 0.4) is 0 Å². The third-order valence-electron chi connectivity index (χ3n) is 4.68. The maximum absolute atomic E-state index is 13.1. The van der Waals surface area contributed by atoms with Crippen molar-refractivity contribution < 1.29 is 22.6 Å². The van der Waals surface area contributed by atoms with Crippen LogP contribution in [0.25, 0.3) is 0 Å². The summed E-state index contributed by atoms with van der Waals surface area (Å²) in [6.45, 7) is 5.14. The first-order valence-electron chi connectivity index (χ1n) is 8.97. The van der Waals surface area contributed by atoms with E-state index < -0.39 is 17.3 Å². The second-order valence-corrected chi connectivity index (χ2v) is 7.39. The molecule has 7 heteroatoms. The highest BCUT2D eigenvalue weighted by Crippen LogP contribution is 2.46. The molecule has 154 valence electrons. The van der Waals surface area contributed by atoms with Crippen LogP contribution < -0.4 is 14.8 Å². The quantitative estimate of drug-likeness (QED) is 0.661. The van der Waals surface area contributed by atoms with Crippen LogP contribution in [-0.4, -0.2) is 25.8 Å². The van der Waals surface area contributed by atoms with Gasteiger partial charge in [0.25, 0.3) is 0 Å². The van der Waals surface area contributed by atoms with Gasteiger partial charge in [-0.2, -0.15) is 13.2 Å². The molecule has 0 aromatic heterocycles. The summed E-state index contributed by atoms with van der Waals surface area (Å²) in [6.07, 6.45) is -3.76. The monoisotopic (exact) mass is 415 g/mol. The van der Waals surface area contributed by atoms with Crippen LogP contribution in [0.1, 0.15) is 42.9 Å². The molecule has 3 nitrogen and oxygen atoms in total. The summed E-state index contributed by atoms with van der Waals surface area (Å²) >= 11 is 0. The molecule has 0 amide bonds. The van der Waals surface area contributed by atoms with E-state index in [-0.39, 0.29) is 18.3 Å². The van der Waals surface area contributed by atoms with Crippen molar-refractivity contribution >= 4 is 12.4 Å². The minimum absolute atomic E-state index is 0. The fourth-order valence-corrected chi connectivity index (χ4v) is 3.42. The van der Waals surface area contributed by atoms with Gasteiger partial charge in [0.05, 0.1) is 5.56 Å². The summed E-state index contributed by atoms with van der Waals surface area (Å²) in [6, 6.07) is 11.1. The van der Waals surface area contributed by atoms with Crippen molar-refractivity contribution in [3.8, 4) is 11.5 Å². The Hall–Kier alpha value is -1.92. The molecular formula is C21H25ClF3NO2. The molecule has 0 spiro atoms. The lowest BCUT2D eigenvalue weighted by atomic mass is 9.79. The van der Waals surface area contributed by atoms with Gasteiger partial charge in [0.15, 0.2) is 0 Å². The van der Waals surface area contributed by atoms with E-state index in [0.29, 0.717) is 30.1 Å². The number of nitrogens with one attached hydrogen (secondary N) is 1. The lowest BCUT2D eigenvalue weighted by Crippen LogP contribution is -2.35. The standard InChI is InChI=1S/C21H24F3NO2.ClH/c1-20(2)13-18(14-5-4-6-15(11-14)21(22,23)24)17-8-7-16(12-19(17)27-20)26-10-9-25-3;/h4-8,11-12,18,25H,9-10,13H2,1-3H3;1H. The molecule has 1 atom stereocenters. The molecule has 3 rings (SSSR count). The predicted octanol–water partition coefficient (Wildman–Crippen LogP) is 5.42. The first-order valence-corrected chi connectivity index (χ1v) is 8.97. The van der Waals surface area contributed by atoms with Crippen LogP contribution in [0.15, 0.2) is 42.5 Å². The van der Waals surface area contributed by atoms with Gasteiger partial charge in [-0.3, -0.25) is 0 Å². The Bertz CT molecular complexity index is 808. The van der Waals surface area contributed by atoms with Crippen molar-refractivity contribution in [3.63, 3.8) is 0 Å². The molecule has 1 heterocycles. The summed E-state index contributed by atoms with van der Waals surface area (Å²) in [5.41, 5.74) is 0.411. The molecule has 0 saturated heterocycles. The van der Waals surface area contributed by atoms with E-state index in [1.807, 2.05) is 39.1 Å². The molecule has 0 radical (unpaired) electrons. The molecule has 2 aromatic carbocycles. The third-order valence-corrected chi connectivity index (χ3v) is 4.68. The Morgan fingerprint density at radius 2 is 1.93 bits per heavy atom. The maximum Gasteiger partial charge on any atom is 0.416 e. The van der Waals surface area contributed by atoms with E-state index in [4.69, 9.17) is 9.47 Å². The summed E-state index contributed by atoms with van der Waals surface area (Å²) in [7, 11) is 1.85. The van der Waals surface area contributed by atoms with E-state index >= 15 is 0 Å². The Morgan fingerprint density at radius 1 is 1.18 bits per heavy atom. The molecule has 0 saturated carbocycles. The number of fused-ring (bicyclic) bond motifs is 1. The number of likely N-dealkylation sites (N-methyl/N-ethyl adjacent to an activating group) is 1. The van der Waals surface area contributed by atoms with Gasteiger partial charge in [0.2, 0.25) is 0 Å². The van der Waals surface area contributed by atoms with Crippen LogP contribution >= 0.6 is 12.4 Å². The van der Waals surface area contributed by atoms with Crippen LogP contribution in [0.4, 0.5) is 13.2 Å². The Labute approximate surface area is 169 Å². The normalized spacial score (nSPS) is 17.9. The summed E-state index contributed by atoms with van der Waals surface area (Å²) in [5, 5.41) is 3.01. The number of rotatable bonds is 5.